The molecule has 1 aromatic rings. The molecule has 0 spiro atoms. The van der Waals surface area contributed by atoms with Crippen LogP contribution in [0.25, 0.3) is 0 Å². The Morgan fingerprint density at radius 1 is 1.45 bits per heavy atom. The first-order valence-corrected chi connectivity index (χ1v) is 8.48. The highest BCUT2D eigenvalue weighted by molar-refractivity contribution is 7.91. The van der Waals surface area contributed by atoms with Gasteiger partial charge < -0.3 is 10.0 Å². The molecule has 0 aliphatic heterocycles. The molecule has 0 bridgehead atoms. The predicted octanol–water partition coefficient (Wildman–Crippen LogP) is 0.994. The Balaban J connectivity index is 2.68. The van der Waals surface area contributed by atoms with Crippen molar-refractivity contribution in [3.8, 4) is 0 Å². The summed E-state index contributed by atoms with van der Waals surface area (Å²) >= 11 is 0.993. The van der Waals surface area contributed by atoms with E-state index >= 15 is 0 Å². The summed E-state index contributed by atoms with van der Waals surface area (Å²) in [6, 6.07) is 2.81. The van der Waals surface area contributed by atoms with Crippen molar-refractivity contribution in [2.75, 3.05) is 20.6 Å². The number of carboxylic acid groups (broad SMARTS) is 1. The zero-order chi connectivity index (χ0) is 15.3. The van der Waals surface area contributed by atoms with Crippen LogP contribution in [0.2, 0.25) is 0 Å². The van der Waals surface area contributed by atoms with Gasteiger partial charge in [0, 0.05) is 10.9 Å². The highest BCUT2D eigenvalue weighted by Crippen LogP contribution is 2.22. The van der Waals surface area contributed by atoms with Crippen LogP contribution < -0.4 is 4.72 Å². The number of thiophene rings is 1. The van der Waals surface area contributed by atoms with Crippen molar-refractivity contribution in [3.05, 3.63) is 17.0 Å². The van der Waals surface area contributed by atoms with E-state index in [1.165, 1.54) is 12.1 Å². The number of hydrogen-bond acceptors (Lipinski definition) is 5. The first-order chi connectivity index (χ1) is 9.20. The van der Waals surface area contributed by atoms with Crippen molar-refractivity contribution in [1.82, 2.24) is 9.62 Å². The lowest BCUT2D eigenvalue weighted by Gasteiger charge is -2.16. The predicted molar refractivity (Wildman–Crippen MR) is 78.6 cm³/mol. The van der Waals surface area contributed by atoms with Gasteiger partial charge in [0.15, 0.2) is 0 Å². The number of carbonyl (C=O) groups is 1. The molecule has 1 aromatic heterocycles. The number of sulfonamides is 1. The van der Waals surface area contributed by atoms with Crippen molar-refractivity contribution in [2.45, 2.75) is 30.0 Å². The van der Waals surface area contributed by atoms with Gasteiger partial charge in [-0.25, -0.2) is 13.1 Å². The maximum Gasteiger partial charge on any atom is 0.308 e. The second kappa shape index (κ2) is 7.16. The van der Waals surface area contributed by atoms with E-state index in [1.807, 2.05) is 25.9 Å². The number of carboxylic acids is 1. The lowest BCUT2D eigenvalue weighted by molar-refractivity contribution is -0.136. The van der Waals surface area contributed by atoms with Crippen LogP contribution in [0.15, 0.2) is 16.3 Å². The van der Waals surface area contributed by atoms with Crippen molar-refractivity contribution >= 4 is 27.3 Å². The minimum atomic E-state index is -3.57. The average molecular weight is 320 g/mol. The highest BCUT2D eigenvalue weighted by Gasteiger charge is 2.20. The van der Waals surface area contributed by atoms with Gasteiger partial charge in [-0.15, -0.1) is 11.3 Å². The minimum Gasteiger partial charge on any atom is -0.481 e. The molecular weight excluding hydrogens is 300 g/mol. The monoisotopic (exact) mass is 320 g/mol. The van der Waals surface area contributed by atoms with Gasteiger partial charge in [0.25, 0.3) is 0 Å². The molecule has 0 saturated heterocycles. The molecule has 1 rings (SSSR count). The molecule has 20 heavy (non-hydrogen) atoms. The molecule has 8 heteroatoms. The molecule has 1 heterocycles. The average Bonchev–Trinajstić information content (AvgIpc) is 2.74. The van der Waals surface area contributed by atoms with E-state index in [1.54, 1.807) is 0 Å². The number of aliphatic carboxylic acids is 1. The van der Waals surface area contributed by atoms with Gasteiger partial charge in [-0.1, -0.05) is 0 Å². The van der Waals surface area contributed by atoms with Crippen LogP contribution >= 0.6 is 11.3 Å². The van der Waals surface area contributed by atoms with Crippen molar-refractivity contribution in [1.29, 1.82) is 0 Å². The van der Waals surface area contributed by atoms with E-state index in [0.717, 1.165) is 17.9 Å². The van der Waals surface area contributed by atoms with E-state index in [9.17, 15) is 13.2 Å². The van der Waals surface area contributed by atoms with Gasteiger partial charge in [0.2, 0.25) is 10.0 Å². The van der Waals surface area contributed by atoms with Gasteiger partial charge in [-0.2, -0.15) is 0 Å². The number of nitrogens with one attached hydrogen (secondary N) is 1. The third-order valence-corrected chi connectivity index (χ3v) is 5.76. The van der Waals surface area contributed by atoms with E-state index < -0.39 is 16.0 Å². The summed E-state index contributed by atoms with van der Waals surface area (Å²) in [5.41, 5.74) is 0. The van der Waals surface area contributed by atoms with E-state index in [0.29, 0.717) is 11.3 Å². The quantitative estimate of drug-likeness (QED) is 0.746. The highest BCUT2D eigenvalue weighted by atomic mass is 32.2. The van der Waals surface area contributed by atoms with Crippen LogP contribution in [0.1, 0.15) is 18.2 Å². The Bertz CT molecular complexity index is 552. The van der Waals surface area contributed by atoms with Crippen molar-refractivity contribution in [3.63, 3.8) is 0 Å². The van der Waals surface area contributed by atoms with Gasteiger partial charge >= 0.3 is 5.97 Å². The molecular formula is C12H20N2O4S2. The number of rotatable bonds is 8. The standard InChI is InChI=1S/C12H20N2O4S2/c1-9(6-7-14(2)3)13-20(17,18)12-5-4-10(19-12)8-11(15)16/h4-5,9,13H,6-8H2,1-3H3,(H,15,16). The summed E-state index contributed by atoms with van der Waals surface area (Å²) in [4.78, 5) is 13.1. The van der Waals surface area contributed by atoms with Gasteiger partial charge in [-0.3, -0.25) is 4.79 Å². The van der Waals surface area contributed by atoms with Gasteiger partial charge in [0.1, 0.15) is 4.21 Å². The summed E-state index contributed by atoms with van der Waals surface area (Å²) in [6.45, 7) is 2.60. The second-order valence-corrected chi connectivity index (χ2v) is 8.01. The molecule has 0 fully saturated rings. The van der Waals surface area contributed by atoms with Gasteiger partial charge in [-0.05, 0) is 46.1 Å². The fraction of sp³-hybridized carbons (Fsp3) is 0.583. The van der Waals surface area contributed by atoms with E-state index in [4.69, 9.17) is 5.11 Å². The maximum absolute atomic E-state index is 12.1. The summed E-state index contributed by atoms with van der Waals surface area (Å²) in [7, 11) is 0.293. The molecule has 0 amide bonds. The van der Waals surface area contributed by atoms with Crippen LogP contribution in [0.5, 0.6) is 0 Å². The molecule has 0 aliphatic carbocycles. The Labute approximate surface area is 123 Å². The minimum absolute atomic E-state index is 0.156. The zero-order valence-electron chi connectivity index (χ0n) is 11.8. The fourth-order valence-corrected chi connectivity index (χ4v) is 4.22. The first-order valence-electron chi connectivity index (χ1n) is 6.18. The molecule has 0 aromatic carbocycles. The molecule has 1 unspecified atom stereocenters. The van der Waals surface area contributed by atoms with E-state index in [2.05, 4.69) is 4.72 Å². The summed E-state index contributed by atoms with van der Waals surface area (Å²) in [5.74, 6) is -0.969. The number of nitrogens with zero attached hydrogens (tertiary/aromatic N) is 1. The molecule has 1 atom stereocenters. The second-order valence-electron chi connectivity index (χ2n) is 4.91. The van der Waals surface area contributed by atoms with Crippen LogP contribution in [-0.2, 0) is 21.2 Å². The fourth-order valence-electron chi connectivity index (χ4n) is 1.58. The first kappa shape index (κ1) is 17.1. The summed E-state index contributed by atoms with van der Waals surface area (Å²) in [6.07, 6.45) is 0.552. The Morgan fingerprint density at radius 2 is 2.10 bits per heavy atom. The van der Waals surface area contributed by atoms with Crippen LogP contribution in [0, 0.1) is 0 Å². The Hall–Kier alpha value is -0.960. The molecule has 0 saturated carbocycles. The maximum atomic E-state index is 12.1. The molecule has 114 valence electrons. The van der Waals surface area contributed by atoms with Crippen LogP contribution in [-0.4, -0.2) is 51.1 Å². The molecule has 0 radical (unpaired) electrons. The Morgan fingerprint density at radius 3 is 2.65 bits per heavy atom. The van der Waals surface area contributed by atoms with E-state index in [-0.39, 0.29) is 16.7 Å². The lowest BCUT2D eigenvalue weighted by Crippen LogP contribution is -2.34. The number of hydrogen-bond donors (Lipinski definition) is 2. The van der Waals surface area contributed by atoms with Crippen molar-refractivity contribution in [2.24, 2.45) is 0 Å². The summed E-state index contributed by atoms with van der Waals surface area (Å²) < 4.78 is 27.0. The third-order valence-electron chi connectivity index (χ3n) is 2.59. The summed E-state index contributed by atoms with van der Waals surface area (Å²) in [5, 5.41) is 8.68. The lowest BCUT2D eigenvalue weighted by atomic mass is 10.2. The molecule has 0 aliphatic rings. The topological polar surface area (TPSA) is 86.7 Å². The van der Waals surface area contributed by atoms with Crippen molar-refractivity contribution < 1.29 is 18.3 Å². The smallest absolute Gasteiger partial charge is 0.308 e. The van der Waals surface area contributed by atoms with Crippen LogP contribution in [0.3, 0.4) is 0 Å². The zero-order valence-corrected chi connectivity index (χ0v) is 13.4. The van der Waals surface area contributed by atoms with Gasteiger partial charge in [0.05, 0.1) is 6.42 Å². The normalized spacial score (nSPS) is 13.6. The SMILES string of the molecule is CC(CCN(C)C)NS(=O)(=O)c1ccc(CC(=O)O)s1. The third kappa shape index (κ3) is 5.58. The molecule has 6 nitrogen and oxygen atoms in total. The Kier molecular flexibility index (Phi) is 6.12. The molecule has 2 N–H and O–H groups in total. The van der Waals surface area contributed by atoms with Crippen LogP contribution in [0.4, 0.5) is 0 Å². The largest absolute Gasteiger partial charge is 0.481 e.